The molecule has 0 saturated carbocycles. The lowest BCUT2D eigenvalue weighted by atomic mass is 10.2. The van der Waals surface area contributed by atoms with Gasteiger partial charge in [-0.15, -0.1) is 0 Å². The van der Waals surface area contributed by atoms with Crippen molar-refractivity contribution in [3.05, 3.63) is 34.7 Å². The fraction of sp³-hybridized carbons (Fsp3) is 0.250. The molecule has 2 N–H and O–H groups in total. The Bertz CT molecular complexity index is 725. The maximum absolute atomic E-state index is 12.3. The van der Waals surface area contributed by atoms with E-state index >= 15 is 0 Å². The molecule has 1 heterocycles. The smallest absolute Gasteiger partial charge is 0.279 e. The number of anilines is 2. The molecule has 0 fully saturated rings. The van der Waals surface area contributed by atoms with Crippen molar-refractivity contribution in [3.8, 4) is 0 Å². The number of nitrogens with one attached hydrogen (secondary N) is 2. The second-order valence-corrected chi connectivity index (χ2v) is 7.06. The Balaban J connectivity index is 2.41. The molecule has 20 heavy (non-hydrogen) atoms. The van der Waals surface area contributed by atoms with Gasteiger partial charge >= 0.3 is 0 Å². The molecular formula is C12H15BrN4O2S. The van der Waals surface area contributed by atoms with Crippen LogP contribution in [-0.4, -0.2) is 32.5 Å². The predicted molar refractivity (Wildman–Crippen MR) is 82.6 cm³/mol. The van der Waals surface area contributed by atoms with Gasteiger partial charge < -0.3 is 9.88 Å². The summed E-state index contributed by atoms with van der Waals surface area (Å²) < 4.78 is 27.9. The van der Waals surface area contributed by atoms with E-state index in [9.17, 15) is 8.42 Å². The fourth-order valence-electron chi connectivity index (χ4n) is 1.71. The fourth-order valence-corrected chi connectivity index (χ4v) is 3.11. The molecule has 1 aromatic heterocycles. The molecule has 0 aliphatic carbocycles. The first-order valence-electron chi connectivity index (χ1n) is 5.81. The van der Waals surface area contributed by atoms with E-state index in [-0.39, 0.29) is 5.03 Å². The largest absolute Gasteiger partial charge is 0.376 e. The van der Waals surface area contributed by atoms with Crippen LogP contribution in [-0.2, 0) is 10.0 Å². The second kappa shape index (κ2) is 5.45. The number of rotatable bonds is 4. The van der Waals surface area contributed by atoms with Gasteiger partial charge in [0.15, 0.2) is 5.03 Å². The van der Waals surface area contributed by atoms with E-state index in [1.807, 2.05) is 31.1 Å². The van der Waals surface area contributed by atoms with E-state index in [1.54, 1.807) is 13.0 Å². The van der Waals surface area contributed by atoms with Crippen LogP contribution in [0.2, 0.25) is 0 Å². The lowest BCUT2D eigenvalue weighted by Gasteiger charge is -2.18. The highest BCUT2D eigenvalue weighted by Crippen LogP contribution is 2.29. The Hall–Kier alpha value is -1.54. The van der Waals surface area contributed by atoms with Crippen molar-refractivity contribution in [2.45, 2.75) is 11.9 Å². The van der Waals surface area contributed by atoms with Crippen molar-refractivity contribution in [1.82, 2.24) is 9.97 Å². The zero-order chi connectivity index (χ0) is 14.9. The molecule has 0 radical (unpaired) electrons. The molecule has 6 nitrogen and oxygen atoms in total. The molecule has 0 atom stereocenters. The molecule has 2 rings (SSSR count). The highest BCUT2D eigenvalue weighted by molar-refractivity contribution is 9.10. The zero-order valence-corrected chi connectivity index (χ0v) is 13.7. The topological polar surface area (TPSA) is 78.1 Å². The Labute approximate surface area is 126 Å². The first kappa shape index (κ1) is 14.9. The van der Waals surface area contributed by atoms with Gasteiger partial charge in [-0.3, -0.25) is 4.72 Å². The van der Waals surface area contributed by atoms with Crippen LogP contribution in [0.4, 0.5) is 11.4 Å². The van der Waals surface area contributed by atoms with Crippen molar-refractivity contribution < 1.29 is 8.42 Å². The highest BCUT2D eigenvalue weighted by Gasteiger charge is 2.19. The van der Waals surface area contributed by atoms with E-state index in [4.69, 9.17) is 0 Å². The molecule has 0 aliphatic rings. The number of nitrogens with zero attached hydrogens (tertiary/aromatic N) is 2. The SMILES string of the molecule is Cc1ncc(S(=O)(=O)Nc2cc(Br)ccc2N(C)C)[nH]1. The average Bonchev–Trinajstić information content (AvgIpc) is 2.75. The summed E-state index contributed by atoms with van der Waals surface area (Å²) in [5, 5.41) is 0.0414. The summed E-state index contributed by atoms with van der Waals surface area (Å²) >= 11 is 3.34. The van der Waals surface area contributed by atoms with E-state index < -0.39 is 10.0 Å². The minimum atomic E-state index is -3.68. The van der Waals surface area contributed by atoms with E-state index in [1.165, 1.54) is 6.20 Å². The van der Waals surface area contributed by atoms with Crippen molar-refractivity contribution in [1.29, 1.82) is 0 Å². The van der Waals surface area contributed by atoms with E-state index in [0.717, 1.165) is 10.2 Å². The van der Waals surface area contributed by atoms with Crippen LogP contribution in [0, 0.1) is 6.92 Å². The van der Waals surface area contributed by atoms with Crippen LogP contribution in [0.1, 0.15) is 5.82 Å². The van der Waals surface area contributed by atoms with Gasteiger partial charge in [-0.25, -0.2) is 4.98 Å². The summed E-state index contributed by atoms with van der Waals surface area (Å²) in [5.41, 5.74) is 1.27. The third kappa shape index (κ3) is 3.13. The van der Waals surface area contributed by atoms with Gasteiger partial charge in [0.05, 0.1) is 17.6 Å². The van der Waals surface area contributed by atoms with Gasteiger partial charge in [0, 0.05) is 18.6 Å². The summed E-state index contributed by atoms with van der Waals surface area (Å²) in [6.45, 7) is 1.70. The van der Waals surface area contributed by atoms with Gasteiger partial charge in [-0.2, -0.15) is 8.42 Å². The Morgan fingerprint density at radius 3 is 2.60 bits per heavy atom. The number of aromatic nitrogens is 2. The summed E-state index contributed by atoms with van der Waals surface area (Å²) in [7, 11) is 0.0164. The minimum absolute atomic E-state index is 0.0414. The maximum atomic E-state index is 12.3. The summed E-state index contributed by atoms with van der Waals surface area (Å²) in [4.78, 5) is 8.45. The minimum Gasteiger partial charge on any atom is -0.376 e. The van der Waals surface area contributed by atoms with Gasteiger partial charge in [0.2, 0.25) is 0 Å². The van der Waals surface area contributed by atoms with Crippen molar-refractivity contribution in [3.63, 3.8) is 0 Å². The molecule has 0 aliphatic heterocycles. The van der Waals surface area contributed by atoms with E-state index in [0.29, 0.717) is 11.5 Å². The molecule has 0 spiro atoms. The normalized spacial score (nSPS) is 11.4. The lowest BCUT2D eigenvalue weighted by Crippen LogP contribution is -2.17. The standard InChI is InChI=1S/C12H15BrN4O2S/c1-8-14-7-12(15-8)20(18,19)16-10-6-9(13)4-5-11(10)17(2)3/h4-7,16H,1-3H3,(H,14,15). The van der Waals surface area contributed by atoms with Crippen molar-refractivity contribution in [2.75, 3.05) is 23.7 Å². The van der Waals surface area contributed by atoms with E-state index in [2.05, 4.69) is 30.6 Å². The average molecular weight is 359 g/mol. The number of H-pyrrole nitrogens is 1. The summed E-state index contributed by atoms with van der Waals surface area (Å²) in [6.07, 6.45) is 1.30. The summed E-state index contributed by atoms with van der Waals surface area (Å²) in [5.74, 6) is 0.549. The molecule has 1 aromatic carbocycles. The number of sulfonamides is 1. The molecule has 0 bridgehead atoms. The first-order valence-corrected chi connectivity index (χ1v) is 8.08. The Kier molecular flexibility index (Phi) is 4.05. The van der Waals surface area contributed by atoms with Gasteiger partial charge in [0.25, 0.3) is 10.0 Å². The van der Waals surface area contributed by atoms with Gasteiger partial charge in [0.1, 0.15) is 5.82 Å². The van der Waals surface area contributed by atoms with Gasteiger partial charge in [-0.05, 0) is 25.1 Å². The molecular weight excluding hydrogens is 344 g/mol. The quantitative estimate of drug-likeness (QED) is 0.879. The van der Waals surface area contributed by atoms with Crippen molar-refractivity contribution >= 4 is 37.3 Å². The number of halogens is 1. The number of hydrogen-bond donors (Lipinski definition) is 2. The van der Waals surface area contributed by atoms with Gasteiger partial charge in [-0.1, -0.05) is 15.9 Å². The number of aryl methyl sites for hydroxylation is 1. The van der Waals surface area contributed by atoms with Crippen LogP contribution >= 0.6 is 15.9 Å². The lowest BCUT2D eigenvalue weighted by molar-refractivity contribution is 0.598. The van der Waals surface area contributed by atoms with Crippen LogP contribution in [0.25, 0.3) is 0 Å². The number of benzene rings is 1. The highest BCUT2D eigenvalue weighted by atomic mass is 79.9. The molecule has 2 aromatic rings. The van der Waals surface area contributed by atoms with Crippen LogP contribution in [0.5, 0.6) is 0 Å². The third-order valence-corrected chi connectivity index (χ3v) is 4.42. The number of imidazole rings is 1. The molecule has 8 heteroatoms. The first-order chi connectivity index (χ1) is 9.29. The maximum Gasteiger partial charge on any atom is 0.279 e. The van der Waals surface area contributed by atoms with Crippen LogP contribution in [0.15, 0.2) is 33.9 Å². The summed E-state index contributed by atoms with van der Waals surface area (Å²) in [6, 6.07) is 5.41. The Morgan fingerprint density at radius 2 is 2.05 bits per heavy atom. The zero-order valence-electron chi connectivity index (χ0n) is 11.3. The molecule has 0 amide bonds. The molecule has 0 saturated heterocycles. The number of aromatic amines is 1. The monoisotopic (exact) mass is 358 g/mol. The van der Waals surface area contributed by atoms with Crippen molar-refractivity contribution in [2.24, 2.45) is 0 Å². The molecule has 108 valence electrons. The second-order valence-electron chi connectivity index (χ2n) is 4.49. The number of hydrogen-bond acceptors (Lipinski definition) is 4. The molecule has 0 unspecified atom stereocenters. The van der Waals surface area contributed by atoms with Crippen LogP contribution in [0.3, 0.4) is 0 Å². The van der Waals surface area contributed by atoms with Crippen LogP contribution < -0.4 is 9.62 Å². The Morgan fingerprint density at radius 1 is 1.35 bits per heavy atom. The predicted octanol–water partition coefficient (Wildman–Crippen LogP) is 2.35. The third-order valence-electron chi connectivity index (χ3n) is 2.65.